The molecule has 0 unspecified atom stereocenters. The Hall–Kier alpha value is -13.2. The molecule has 2 amide bonds. The SMILES string of the molecule is Cn1cc(-c2oc3ncnc(Oc4ccc(NC(=O)c5cccn(-c6ccc(F)cc6)c5=O)cc4)c3c2-c2ccc(N3CCN(Cc4c(-c5oc6ncnc(Oc7ccc(NC(=O)c8cccn(-c9ccc(F)cc9)c8=O)cc7)c6c5-c5cccc(N6CCNCC6)c5)cnn4C)CC3)cc2)cn1. The number of benzene rings is 6. The van der Waals surface area contributed by atoms with Crippen molar-refractivity contribution in [2.45, 2.75) is 6.54 Å². The van der Waals surface area contributed by atoms with Gasteiger partial charge in [0.05, 0.1) is 29.2 Å². The molecular formula is C77H62F2N16O8. The number of rotatable bonds is 18. The minimum Gasteiger partial charge on any atom is -0.438 e. The van der Waals surface area contributed by atoms with Crippen LogP contribution in [0.25, 0.3) is 78.5 Å². The third kappa shape index (κ3) is 13.0. The molecule has 0 aliphatic carbocycles. The summed E-state index contributed by atoms with van der Waals surface area (Å²) in [6, 6.07) is 46.9. The average Bonchev–Trinajstić information content (AvgIpc) is 1.59. The first-order valence-corrected chi connectivity index (χ1v) is 33.1. The third-order valence-corrected chi connectivity index (χ3v) is 18.3. The van der Waals surface area contributed by atoms with E-state index in [1.165, 1.54) is 94.8 Å². The molecule has 3 N–H and O–H groups in total. The molecule has 0 bridgehead atoms. The zero-order valence-corrected chi connectivity index (χ0v) is 55.4. The van der Waals surface area contributed by atoms with Crippen molar-refractivity contribution in [2.75, 3.05) is 72.8 Å². The molecule has 2 aliphatic heterocycles. The minimum atomic E-state index is -0.620. The van der Waals surface area contributed by atoms with Gasteiger partial charge in [0.15, 0.2) is 0 Å². The second-order valence-corrected chi connectivity index (χ2v) is 24.8. The fraction of sp³-hybridized carbons (Fsp3) is 0.143. The van der Waals surface area contributed by atoms with Crippen LogP contribution in [0.3, 0.4) is 0 Å². The average molecular weight is 1380 g/mol. The maximum atomic E-state index is 13.7. The fourth-order valence-electron chi connectivity index (χ4n) is 13.1. The smallest absolute Gasteiger partial charge is 0.267 e. The van der Waals surface area contributed by atoms with Crippen LogP contribution in [-0.4, -0.2) is 118 Å². The van der Waals surface area contributed by atoms with Crippen molar-refractivity contribution in [3.05, 3.63) is 263 Å². The minimum absolute atomic E-state index is 0.0963. The van der Waals surface area contributed by atoms with Crippen LogP contribution >= 0.6 is 0 Å². The summed E-state index contributed by atoms with van der Waals surface area (Å²) in [6.45, 7) is 6.86. The molecule has 103 heavy (non-hydrogen) atoms. The van der Waals surface area contributed by atoms with Crippen LogP contribution in [0.4, 0.5) is 31.5 Å². The van der Waals surface area contributed by atoms with Crippen molar-refractivity contribution in [3.8, 4) is 79.5 Å². The number of piperazine rings is 2. The fourth-order valence-corrected chi connectivity index (χ4v) is 13.1. The largest absolute Gasteiger partial charge is 0.438 e. The highest BCUT2D eigenvalue weighted by atomic mass is 19.1. The number of aryl methyl sites for hydroxylation is 2. The van der Waals surface area contributed by atoms with Gasteiger partial charge < -0.3 is 44.1 Å². The summed E-state index contributed by atoms with van der Waals surface area (Å²) >= 11 is 0. The van der Waals surface area contributed by atoms with Crippen LogP contribution in [0.2, 0.25) is 0 Å². The molecule has 24 nitrogen and oxygen atoms in total. The Labute approximate surface area is 585 Å². The Kier molecular flexibility index (Phi) is 17.2. The van der Waals surface area contributed by atoms with Crippen LogP contribution in [0.15, 0.2) is 232 Å². The van der Waals surface area contributed by atoms with Gasteiger partial charge in [0.2, 0.25) is 23.2 Å². The molecule has 8 aromatic heterocycles. The van der Waals surface area contributed by atoms with Crippen molar-refractivity contribution in [1.82, 2.24) is 58.8 Å². The van der Waals surface area contributed by atoms with Gasteiger partial charge in [-0.05, 0) is 157 Å². The third-order valence-electron chi connectivity index (χ3n) is 18.3. The van der Waals surface area contributed by atoms with Gasteiger partial charge in [0.1, 0.15) is 69.2 Å². The number of ether oxygens (including phenoxy) is 2. The quantitative estimate of drug-likeness (QED) is 0.0721. The van der Waals surface area contributed by atoms with Crippen LogP contribution < -0.4 is 46.3 Å². The monoisotopic (exact) mass is 1380 g/mol. The lowest BCUT2D eigenvalue weighted by molar-refractivity contribution is 0.101. The lowest BCUT2D eigenvalue weighted by Gasteiger charge is -2.36. The topological polar surface area (TPSA) is 256 Å². The lowest BCUT2D eigenvalue weighted by atomic mass is 9.98. The maximum absolute atomic E-state index is 13.7. The number of hydrogen-bond donors (Lipinski definition) is 3. The predicted octanol–water partition coefficient (Wildman–Crippen LogP) is 12.3. The molecule has 14 aromatic rings. The molecule has 2 saturated heterocycles. The molecule has 10 heterocycles. The van der Waals surface area contributed by atoms with Crippen LogP contribution in [0.1, 0.15) is 26.4 Å². The Balaban J connectivity index is 0.632. The lowest BCUT2D eigenvalue weighted by Crippen LogP contribution is -2.46. The van der Waals surface area contributed by atoms with E-state index in [-0.39, 0.29) is 22.9 Å². The van der Waals surface area contributed by atoms with E-state index < -0.39 is 34.6 Å². The molecule has 6 aromatic carbocycles. The number of aromatic nitrogens is 10. The number of nitrogens with one attached hydrogen (secondary N) is 3. The number of furan rings is 2. The number of hydrogen-bond acceptors (Lipinski definition) is 18. The summed E-state index contributed by atoms with van der Waals surface area (Å²) in [6.07, 6.45) is 11.2. The first-order chi connectivity index (χ1) is 50.3. The first-order valence-electron chi connectivity index (χ1n) is 33.1. The van der Waals surface area contributed by atoms with Gasteiger partial charge in [-0.3, -0.25) is 42.6 Å². The zero-order chi connectivity index (χ0) is 70.2. The van der Waals surface area contributed by atoms with Crippen molar-refractivity contribution < 1.29 is 36.7 Å². The summed E-state index contributed by atoms with van der Waals surface area (Å²) in [4.78, 5) is 79.5. The molecule has 2 aliphatic rings. The first kappa shape index (κ1) is 64.5. The maximum Gasteiger partial charge on any atom is 0.267 e. The van der Waals surface area contributed by atoms with Crippen LogP contribution in [-0.2, 0) is 20.6 Å². The highest BCUT2D eigenvalue weighted by molar-refractivity contribution is 6.06. The molecular weight excluding hydrogens is 1310 g/mol. The van der Waals surface area contributed by atoms with Crippen molar-refractivity contribution >= 4 is 56.8 Å². The summed E-state index contributed by atoms with van der Waals surface area (Å²) in [5, 5.41) is 19.4. The van der Waals surface area contributed by atoms with Crippen molar-refractivity contribution in [2.24, 2.45) is 14.1 Å². The summed E-state index contributed by atoms with van der Waals surface area (Å²) in [5.74, 6) is 0.253. The number of nitrogens with zero attached hydrogens (tertiary/aromatic N) is 13. The molecule has 26 heteroatoms. The van der Waals surface area contributed by atoms with Gasteiger partial charge in [-0.2, -0.15) is 10.2 Å². The van der Waals surface area contributed by atoms with Crippen LogP contribution in [0.5, 0.6) is 23.3 Å². The molecule has 0 saturated carbocycles. The molecule has 0 spiro atoms. The number of amides is 2. The molecule has 16 rings (SSSR count). The number of carbonyl (C=O) groups is 2. The highest BCUT2D eigenvalue weighted by Crippen LogP contribution is 2.47. The molecule has 512 valence electrons. The Morgan fingerprint density at radius 3 is 1.59 bits per heavy atom. The number of halogens is 2. The highest BCUT2D eigenvalue weighted by Gasteiger charge is 2.31. The Bertz CT molecular complexity index is 5640. The normalized spacial score (nSPS) is 13.4. The van der Waals surface area contributed by atoms with E-state index in [4.69, 9.17) is 28.4 Å². The van der Waals surface area contributed by atoms with Gasteiger partial charge >= 0.3 is 0 Å². The van der Waals surface area contributed by atoms with Crippen LogP contribution in [0, 0.1) is 11.6 Å². The summed E-state index contributed by atoms with van der Waals surface area (Å²) < 4.78 is 60.0. The number of fused-ring (bicyclic) bond motifs is 2. The van der Waals surface area contributed by atoms with E-state index in [9.17, 15) is 28.0 Å². The standard InChI is InChI=1S/C77H62F2N16O8/c1-89-43-49(41-85-89)68-64(66-72(81-45-83-74(66)102-68)100-58-26-16-52(17-27-58)87-70(96)60-8-4-32-94(76(60)98)55-22-12-50(78)13-23-55)47-10-20-54(21-11-47)93-38-36-91(37-39-93)44-63-62(42-86-90(63)2)69-65(48-6-3-7-57(40-48)92-34-30-80-31-35-92)67-73(82-46-84-75(67)103-69)101-59-28-18-53(19-29-59)88-71(97)61-9-5-33-95(77(61)99)56-24-14-51(79)15-25-56/h3-29,32-33,40-43,45-46,80H,30-31,34-39,44H2,1-2H3,(H,87,96)(H,88,97). The van der Waals surface area contributed by atoms with E-state index in [0.717, 1.165) is 97.2 Å². The van der Waals surface area contributed by atoms with E-state index >= 15 is 0 Å². The van der Waals surface area contributed by atoms with E-state index in [0.29, 0.717) is 80.1 Å². The summed E-state index contributed by atoms with van der Waals surface area (Å²) in [5.41, 5.74) is 8.60. The second-order valence-electron chi connectivity index (χ2n) is 24.8. The second kappa shape index (κ2) is 27.5. The number of anilines is 4. The van der Waals surface area contributed by atoms with E-state index in [2.05, 4.69) is 93.2 Å². The number of carbonyl (C=O) groups excluding carboxylic acids is 2. The van der Waals surface area contributed by atoms with Crippen molar-refractivity contribution in [1.29, 1.82) is 0 Å². The van der Waals surface area contributed by atoms with Gasteiger partial charge in [0.25, 0.3) is 22.9 Å². The number of pyridine rings is 2. The molecule has 0 atom stereocenters. The van der Waals surface area contributed by atoms with Gasteiger partial charge in [0, 0.05) is 137 Å². The van der Waals surface area contributed by atoms with Gasteiger partial charge in [-0.15, -0.1) is 0 Å². The molecule has 2 fully saturated rings. The van der Waals surface area contributed by atoms with E-state index in [1.807, 2.05) is 37.2 Å². The van der Waals surface area contributed by atoms with E-state index in [1.54, 1.807) is 71.5 Å². The van der Waals surface area contributed by atoms with Gasteiger partial charge in [-0.25, -0.2) is 28.7 Å². The predicted molar refractivity (Wildman–Crippen MR) is 384 cm³/mol. The Morgan fingerprint density at radius 2 is 1.05 bits per heavy atom. The summed E-state index contributed by atoms with van der Waals surface area (Å²) in [7, 11) is 3.77. The zero-order valence-electron chi connectivity index (χ0n) is 55.4. The van der Waals surface area contributed by atoms with Gasteiger partial charge in [-0.1, -0.05) is 24.3 Å². The van der Waals surface area contributed by atoms with Crippen molar-refractivity contribution in [3.63, 3.8) is 0 Å². The Morgan fingerprint density at radius 1 is 0.524 bits per heavy atom. The molecule has 0 radical (unpaired) electrons.